The molecule has 1 aromatic carbocycles. The molecule has 2 rings (SSSR count). The number of sulfonamides is 1. The molecule has 0 aliphatic rings. The molecule has 0 bridgehead atoms. The number of hydrogen-bond acceptors (Lipinski definition) is 4. The topological polar surface area (TPSA) is 72.2 Å². The third-order valence-electron chi connectivity index (χ3n) is 2.95. The molecule has 0 saturated carbocycles. The lowest BCUT2D eigenvalue weighted by Gasteiger charge is -2.11. The van der Waals surface area contributed by atoms with Crippen molar-refractivity contribution in [1.82, 2.24) is 4.72 Å². The number of nitrogens with two attached hydrogens (primary N) is 1. The molecule has 4 nitrogen and oxygen atoms in total. The van der Waals surface area contributed by atoms with Gasteiger partial charge in [-0.15, -0.1) is 11.3 Å². The normalized spacial score (nSPS) is 11.8. The van der Waals surface area contributed by atoms with Crippen molar-refractivity contribution in [1.29, 1.82) is 0 Å². The molecule has 3 N–H and O–H groups in total. The van der Waals surface area contributed by atoms with Gasteiger partial charge in [-0.25, -0.2) is 13.1 Å². The molecule has 0 fully saturated rings. The van der Waals surface area contributed by atoms with Crippen LogP contribution in [0.4, 0.5) is 5.69 Å². The van der Waals surface area contributed by atoms with Gasteiger partial charge in [0.2, 0.25) is 10.0 Å². The third kappa shape index (κ3) is 4.20. The van der Waals surface area contributed by atoms with Gasteiger partial charge in [-0.3, -0.25) is 0 Å². The van der Waals surface area contributed by atoms with Crippen LogP contribution in [0.5, 0.6) is 0 Å². The van der Waals surface area contributed by atoms with Crippen LogP contribution < -0.4 is 10.5 Å². The first kappa shape index (κ1) is 16.8. The molecule has 0 aliphatic heterocycles. The predicted octanol–water partition coefficient (Wildman–Crippen LogP) is 3.58. The number of hydrogen-bond donors (Lipinski definition) is 2. The summed E-state index contributed by atoms with van der Waals surface area (Å²) in [7, 11) is -3.62. The monoisotopic (exact) mass is 408 g/mol. The van der Waals surface area contributed by atoms with E-state index < -0.39 is 10.0 Å². The minimum Gasteiger partial charge on any atom is -0.398 e. The van der Waals surface area contributed by atoms with Crippen molar-refractivity contribution in [2.45, 2.75) is 18.2 Å². The molecule has 2 aromatic rings. The summed E-state index contributed by atoms with van der Waals surface area (Å²) in [5.74, 6) is 0. The largest absolute Gasteiger partial charge is 0.398 e. The summed E-state index contributed by atoms with van der Waals surface area (Å²) < 4.78 is 28.2. The Morgan fingerprint density at radius 1 is 1.38 bits per heavy atom. The van der Waals surface area contributed by atoms with Crippen LogP contribution in [0.1, 0.15) is 10.4 Å². The summed E-state index contributed by atoms with van der Waals surface area (Å²) in [6.45, 7) is 1.98. The molecule has 0 saturated heterocycles. The summed E-state index contributed by atoms with van der Waals surface area (Å²) in [6.07, 6.45) is 0.630. The molecule has 0 aliphatic carbocycles. The number of halogens is 2. The Kier molecular flexibility index (Phi) is 5.32. The van der Waals surface area contributed by atoms with E-state index in [1.54, 1.807) is 24.3 Å². The highest BCUT2D eigenvalue weighted by atomic mass is 79.9. The zero-order chi connectivity index (χ0) is 15.6. The van der Waals surface area contributed by atoms with Crippen molar-refractivity contribution in [2.75, 3.05) is 12.3 Å². The predicted molar refractivity (Wildman–Crippen MR) is 91.5 cm³/mol. The first-order chi connectivity index (χ1) is 9.79. The highest BCUT2D eigenvalue weighted by molar-refractivity contribution is 9.11. The van der Waals surface area contributed by atoms with Gasteiger partial charge in [0, 0.05) is 22.1 Å². The second-order valence-electron chi connectivity index (χ2n) is 4.47. The quantitative estimate of drug-likeness (QED) is 0.741. The van der Waals surface area contributed by atoms with Crippen molar-refractivity contribution in [3.8, 4) is 0 Å². The van der Waals surface area contributed by atoms with Crippen molar-refractivity contribution in [2.24, 2.45) is 0 Å². The molecule has 114 valence electrons. The van der Waals surface area contributed by atoms with E-state index in [-0.39, 0.29) is 4.90 Å². The highest BCUT2D eigenvalue weighted by Crippen LogP contribution is 2.26. The molecule has 1 heterocycles. The number of nitrogen functional groups attached to an aromatic ring is 1. The van der Waals surface area contributed by atoms with E-state index in [4.69, 9.17) is 17.3 Å². The van der Waals surface area contributed by atoms with Gasteiger partial charge in [0.1, 0.15) is 0 Å². The van der Waals surface area contributed by atoms with Crippen LogP contribution >= 0.6 is 38.9 Å². The summed E-state index contributed by atoms with van der Waals surface area (Å²) in [4.78, 5) is 1.23. The first-order valence-corrected chi connectivity index (χ1v) is 9.56. The zero-order valence-electron chi connectivity index (χ0n) is 11.2. The van der Waals surface area contributed by atoms with Crippen molar-refractivity contribution >= 4 is 54.6 Å². The van der Waals surface area contributed by atoms with Gasteiger partial charge in [-0.05, 0) is 59.1 Å². The molecule has 1 aromatic heterocycles. The Balaban J connectivity index is 2.12. The van der Waals surface area contributed by atoms with Crippen molar-refractivity contribution in [3.05, 3.63) is 43.5 Å². The van der Waals surface area contributed by atoms with Crippen LogP contribution in [0.2, 0.25) is 5.02 Å². The van der Waals surface area contributed by atoms with Crippen LogP contribution in [0, 0.1) is 6.92 Å². The van der Waals surface area contributed by atoms with E-state index in [9.17, 15) is 8.42 Å². The summed E-state index contributed by atoms with van der Waals surface area (Å²) in [6, 6.07) is 6.86. The second kappa shape index (κ2) is 6.66. The van der Waals surface area contributed by atoms with Crippen LogP contribution in [-0.2, 0) is 16.4 Å². The Bertz CT molecular complexity index is 760. The van der Waals surface area contributed by atoms with Gasteiger partial charge < -0.3 is 5.73 Å². The van der Waals surface area contributed by atoms with Gasteiger partial charge in [0.05, 0.1) is 8.68 Å². The maximum Gasteiger partial charge on any atom is 0.240 e. The summed E-state index contributed by atoms with van der Waals surface area (Å²) in [5.41, 5.74) is 6.63. The number of anilines is 1. The molecule has 0 unspecified atom stereocenters. The molecule has 8 heteroatoms. The van der Waals surface area contributed by atoms with Crippen LogP contribution in [0.15, 0.2) is 32.9 Å². The minimum absolute atomic E-state index is 0.125. The SMILES string of the molecule is Cc1c(N)cc(Cl)cc1S(=O)(=O)NCCc1ccc(Br)s1. The Hall–Kier alpha value is -0.600. The van der Waals surface area contributed by atoms with Gasteiger partial charge in [0.15, 0.2) is 0 Å². The third-order valence-corrected chi connectivity index (χ3v) is 6.44. The molecule has 0 radical (unpaired) electrons. The smallest absolute Gasteiger partial charge is 0.240 e. The van der Waals surface area contributed by atoms with Crippen molar-refractivity contribution in [3.63, 3.8) is 0 Å². The molecule has 0 amide bonds. The molecular weight excluding hydrogens is 396 g/mol. The van der Waals surface area contributed by atoms with Gasteiger partial charge in [-0.1, -0.05) is 11.6 Å². The van der Waals surface area contributed by atoms with E-state index in [1.165, 1.54) is 6.07 Å². The second-order valence-corrected chi connectivity index (χ2v) is 9.19. The molecule has 0 atom stereocenters. The van der Waals surface area contributed by atoms with E-state index in [2.05, 4.69) is 20.7 Å². The lowest BCUT2D eigenvalue weighted by atomic mass is 10.2. The maximum atomic E-state index is 12.3. The zero-order valence-corrected chi connectivity index (χ0v) is 15.2. The van der Waals surface area contributed by atoms with E-state index in [0.29, 0.717) is 29.2 Å². The number of benzene rings is 1. The fraction of sp³-hybridized carbons (Fsp3) is 0.231. The van der Waals surface area contributed by atoms with Crippen LogP contribution in [-0.4, -0.2) is 15.0 Å². The fourth-order valence-corrected chi connectivity index (χ4v) is 4.93. The average Bonchev–Trinajstić information content (AvgIpc) is 2.79. The summed E-state index contributed by atoms with van der Waals surface area (Å²) in [5, 5.41) is 0.306. The van der Waals surface area contributed by atoms with Gasteiger partial charge >= 0.3 is 0 Å². The Morgan fingerprint density at radius 3 is 2.71 bits per heavy atom. The van der Waals surface area contributed by atoms with E-state index in [1.807, 2.05) is 12.1 Å². The Morgan fingerprint density at radius 2 is 2.10 bits per heavy atom. The van der Waals surface area contributed by atoms with Crippen LogP contribution in [0.3, 0.4) is 0 Å². The number of rotatable bonds is 5. The van der Waals surface area contributed by atoms with Gasteiger partial charge in [0.25, 0.3) is 0 Å². The lowest BCUT2D eigenvalue weighted by Crippen LogP contribution is -2.26. The number of thiophene rings is 1. The van der Waals surface area contributed by atoms with Crippen LogP contribution in [0.25, 0.3) is 0 Å². The van der Waals surface area contributed by atoms with Gasteiger partial charge in [-0.2, -0.15) is 0 Å². The fourth-order valence-electron chi connectivity index (χ4n) is 1.83. The first-order valence-electron chi connectivity index (χ1n) is 6.09. The number of nitrogens with one attached hydrogen (secondary N) is 1. The molecular formula is C13H14BrClN2O2S2. The van der Waals surface area contributed by atoms with E-state index in [0.717, 1.165) is 8.66 Å². The average molecular weight is 410 g/mol. The molecule has 0 spiro atoms. The maximum absolute atomic E-state index is 12.3. The molecule has 21 heavy (non-hydrogen) atoms. The summed E-state index contributed by atoms with van der Waals surface area (Å²) >= 11 is 10.8. The lowest BCUT2D eigenvalue weighted by molar-refractivity contribution is 0.581. The minimum atomic E-state index is -3.62. The Labute approximate surface area is 141 Å². The van der Waals surface area contributed by atoms with Crippen molar-refractivity contribution < 1.29 is 8.42 Å². The standard InChI is InChI=1S/C13H14BrClN2O2S2/c1-8-11(16)6-9(15)7-12(8)21(18,19)17-5-4-10-2-3-13(14)20-10/h2-3,6-7,17H,4-5,16H2,1H3. The highest BCUT2D eigenvalue weighted by Gasteiger charge is 2.18. The van der Waals surface area contributed by atoms with E-state index >= 15 is 0 Å².